The SMILES string of the molecule is OCc1ccc(-c2cn(Cc3cc(-c4ccccc4)n[nH]3)nn2)o1. The molecule has 3 aromatic heterocycles. The number of benzene rings is 1. The van der Waals surface area contributed by atoms with Gasteiger partial charge in [-0.25, -0.2) is 4.68 Å². The molecule has 0 fully saturated rings. The number of nitrogens with zero attached hydrogens (tertiary/aromatic N) is 4. The Labute approximate surface area is 137 Å². The highest BCUT2D eigenvalue weighted by Crippen LogP contribution is 2.20. The molecular weight excluding hydrogens is 306 g/mol. The Morgan fingerprint density at radius 3 is 2.75 bits per heavy atom. The largest absolute Gasteiger partial charge is 0.457 e. The third-order valence-corrected chi connectivity index (χ3v) is 3.64. The maximum Gasteiger partial charge on any atom is 0.156 e. The molecule has 0 bridgehead atoms. The summed E-state index contributed by atoms with van der Waals surface area (Å²) in [5.41, 5.74) is 3.51. The third-order valence-electron chi connectivity index (χ3n) is 3.64. The zero-order valence-electron chi connectivity index (χ0n) is 12.8. The molecule has 120 valence electrons. The van der Waals surface area contributed by atoms with Crippen LogP contribution in [0.1, 0.15) is 11.5 Å². The molecule has 0 saturated heterocycles. The molecule has 7 heteroatoms. The molecule has 0 aliphatic carbocycles. The van der Waals surface area contributed by atoms with E-state index in [4.69, 9.17) is 9.52 Å². The maximum absolute atomic E-state index is 9.05. The highest BCUT2D eigenvalue weighted by atomic mass is 16.4. The van der Waals surface area contributed by atoms with Crippen LogP contribution in [0.15, 0.2) is 59.1 Å². The van der Waals surface area contributed by atoms with E-state index in [9.17, 15) is 0 Å². The lowest BCUT2D eigenvalue weighted by Crippen LogP contribution is -2.00. The summed E-state index contributed by atoms with van der Waals surface area (Å²) in [6, 6.07) is 15.5. The first kappa shape index (κ1) is 14.4. The average molecular weight is 321 g/mol. The molecule has 1 aromatic carbocycles. The molecule has 0 amide bonds. The van der Waals surface area contributed by atoms with Crippen molar-refractivity contribution >= 4 is 0 Å². The molecule has 24 heavy (non-hydrogen) atoms. The number of rotatable bonds is 5. The monoisotopic (exact) mass is 321 g/mol. The zero-order chi connectivity index (χ0) is 16.4. The van der Waals surface area contributed by atoms with Crippen LogP contribution < -0.4 is 0 Å². The highest BCUT2D eigenvalue weighted by Gasteiger charge is 2.10. The summed E-state index contributed by atoms with van der Waals surface area (Å²) >= 11 is 0. The minimum Gasteiger partial charge on any atom is -0.457 e. The number of hydrogen-bond acceptors (Lipinski definition) is 5. The van der Waals surface area contributed by atoms with Crippen molar-refractivity contribution < 1.29 is 9.52 Å². The topological polar surface area (TPSA) is 92.8 Å². The molecule has 7 nitrogen and oxygen atoms in total. The second-order valence-electron chi connectivity index (χ2n) is 5.37. The zero-order valence-corrected chi connectivity index (χ0v) is 12.8. The molecule has 4 aromatic rings. The Morgan fingerprint density at radius 2 is 1.96 bits per heavy atom. The van der Waals surface area contributed by atoms with Crippen LogP contribution in [0.4, 0.5) is 0 Å². The van der Waals surface area contributed by atoms with Gasteiger partial charge in [0.15, 0.2) is 5.76 Å². The molecule has 0 radical (unpaired) electrons. The summed E-state index contributed by atoms with van der Waals surface area (Å²) in [7, 11) is 0. The first-order valence-electron chi connectivity index (χ1n) is 7.51. The standard InChI is InChI=1S/C17H15N5O2/c23-11-14-6-7-17(24-14)16-10-22(21-20-16)9-13-8-15(19-18-13)12-4-2-1-3-5-12/h1-8,10,23H,9,11H2,(H,18,19). The van der Waals surface area contributed by atoms with Gasteiger partial charge in [-0.05, 0) is 18.2 Å². The molecule has 0 unspecified atom stereocenters. The Morgan fingerprint density at radius 1 is 1.08 bits per heavy atom. The first-order chi connectivity index (χ1) is 11.8. The van der Waals surface area contributed by atoms with Crippen LogP contribution in [0.5, 0.6) is 0 Å². The van der Waals surface area contributed by atoms with Gasteiger partial charge in [-0.2, -0.15) is 5.10 Å². The van der Waals surface area contributed by atoms with Gasteiger partial charge in [0, 0.05) is 5.56 Å². The van der Waals surface area contributed by atoms with Gasteiger partial charge in [-0.3, -0.25) is 5.10 Å². The second kappa shape index (κ2) is 6.13. The lowest BCUT2D eigenvalue weighted by molar-refractivity contribution is 0.248. The Balaban J connectivity index is 1.51. The van der Waals surface area contributed by atoms with E-state index in [0.29, 0.717) is 23.8 Å². The predicted octanol–water partition coefficient (Wildman–Crippen LogP) is 2.47. The van der Waals surface area contributed by atoms with Crippen LogP contribution in [0.2, 0.25) is 0 Å². The van der Waals surface area contributed by atoms with E-state index < -0.39 is 0 Å². The van der Waals surface area contributed by atoms with Crippen molar-refractivity contribution in [3.63, 3.8) is 0 Å². The Hall–Kier alpha value is -3.19. The van der Waals surface area contributed by atoms with Crippen molar-refractivity contribution in [3.8, 4) is 22.7 Å². The van der Waals surface area contributed by atoms with Gasteiger partial charge in [0.1, 0.15) is 18.1 Å². The highest BCUT2D eigenvalue weighted by molar-refractivity contribution is 5.58. The number of aliphatic hydroxyl groups excluding tert-OH is 1. The fourth-order valence-electron chi connectivity index (χ4n) is 2.46. The Bertz CT molecular complexity index is 939. The lowest BCUT2D eigenvalue weighted by atomic mass is 10.1. The van der Waals surface area contributed by atoms with Crippen molar-refractivity contribution in [2.75, 3.05) is 0 Å². The number of aromatic amines is 1. The first-order valence-corrected chi connectivity index (χ1v) is 7.51. The van der Waals surface area contributed by atoms with Gasteiger partial charge in [-0.1, -0.05) is 35.5 Å². The van der Waals surface area contributed by atoms with E-state index in [2.05, 4.69) is 20.5 Å². The van der Waals surface area contributed by atoms with E-state index in [1.165, 1.54) is 0 Å². The lowest BCUT2D eigenvalue weighted by Gasteiger charge is -1.95. The summed E-state index contributed by atoms with van der Waals surface area (Å²) in [5.74, 6) is 1.08. The number of nitrogens with one attached hydrogen (secondary N) is 1. The molecule has 4 rings (SSSR count). The van der Waals surface area contributed by atoms with E-state index in [1.54, 1.807) is 23.0 Å². The van der Waals surface area contributed by atoms with E-state index in [1.807, 2.05) is 36.4 Å². The van der Waals surface area contributed by atoms with E-state index >= 15 is 0 Å². The summed E-state index contributed by atoms with van der Waals surface area (Å²) in [6.07, 6.45) is 1.79. The van der Waals surface area contributed by atoms with Gasteiger partial charge >= 0.3 is 0 Å². The van der Waals surface area contributed by atoms with Crippen LogP contribution in [0, 0.1) is 0 Å². The van der Waals surface area contributed by atoms with Crippen molar-refractivity contribution in [3.05, 3.63) is 66.2 Å². The minimum atomic E-state index is -0.134. The third kappa shape index (κ3) is 2.84. The second-order valence-corrected chi connectivity index (χ2v) is 5.37. The average Bonchev–Trinajstić information content (AvgIpc) is 3.36. The van der Waals surface area contributed by atoms with E-state index in [0.717, 1.165) is 17.0 Å². The van der Waals surface area contributed by atoms with Crippen LogP contribution >= 0.6 is 0 Å². The number of H-pyrrole nitrogens is 1. The smallest absolute Gasteiger partial charge is 0.156 e. The molecule has 2 N–H and O–H groups in total. The van der Waals surface area contributed by atoms with Gasteiger partial charge in [0.2, 0.25) is 0 Å². The summed E-state index contributed by atoms with van der Waals surface area (Å²) in [4.78, 5) is 0. The number of aliphatic hydroxyl groups is 1. The number of furan rings is 1. The molecule has 0 aliphatic rings. The van der Waals surface area contributed by atoms with Crippen LogP contribution in [-0.2, 0) is 13.2 Å². The quantitative estimate of drug-likeness (QED) is 0.589. The van der Waals surface area contributed by atoms with Crippen molar-refractivity contribution in [1.82, 2.24) is 25.2 Å². The van der Waals surface area contributed by atoms with Crippen molar-refractivity contribution in [2.45, 2.75) is 13.2 Å². The van der Waals surface area contributed by atoms with E-state index in [-0.39, 0.29) is 6.61 Å². The molecule has 3 heterocycles. The Kier molecular flexibility index (Phi) is 3.68. The molecule has 0 spiro atoms. The fraction of sp³-hybridized carbons (Fsp3) is 0.118. The van der Waals surface area contributed by atoms with Crippen LogP contribution in [0.3, 0.4) is 0 Å². The molecular formula is C17H15N5O2. The number of aromatic nitrogens is 5. The fourth-order valence-corrected chi connectivity index (χ4v) is 2.46. The van der Waals surface area contributed by atoms with Gasteiger partial charge < -0.3 is 9.52 Å². The molecule has 0 atom stereocenters. The molecule has 0 aliphatic heterocycles. The molecule has 0 saturated carbocycles. The van der Waals surface area contributed by atoms with Gasteiger partial charge in [0.05, 0.1) is 24.1 Å². The van der Waals surface area contributed by atoms with Gasteiger partial charge in [0.25, 0.3) is 0 Å². The van der Waals surface area contributed by atoms with Gasteiger partial charge in [-0.15, -0.1) is 5.10 Å². The predicted molar refractivity (Wildman–Crippen MR) is 86.8 cm³/mol. The summed E-state index contributed by atoms with van der Waals surface area (Å²) < 4.78 is 7.17. The van der Waals surface area contributed by atoms with Crippen LogP contribution in [0.25, 0.3) is 22.7 Å². The normalized spacial score (nSPS) is 11.0. The van der Waals surface area contributed by atoms with Crippen molar-refractivity contribution in [1.29, 1.82) is 0 Å². The summed E-state index contributed by atoms with van der Waals surface area (Å²) in [6.45, 7) is 0.394. The summed E-state index contributed by atoms with van der Waals surface area (Å²) in [5, 5.41) is 24.6. The minimum absolute atomic E-state index is 0.134. The van der Waals surface area contributed by atoms with Crippen LogP contribution in [-0.4, -0.2) is 30.3 Å². The van der Waals surface area contributed by atoms with Crippen molar-refractivity contribution in [2.24, 2.45) is 0 Å². The maximum atomic E-state index is 9.05. The number of hydrogen-bond donors (Lipinski definition) is 2.